The molecule has 186 valence electrons. The van der Waals surface area contributed by atoms with E-state index in [2.05, 4.69) is 10.1 Å². The number of carbonyl (C=O) groups is 2. The largest absolute Gasteiger partial charge is 0.436 e. The number of para-hydroxylation sites is 1. The van der Waals surface area contributed by atoms with Crippen molar-refractivity contribution in [2.24, 2.45) is 0 Å². The number of pyridine rings is 1. The highest BCUT2D eigenvalue weighted by molar-refractivity contribution is 6.15. The smallest absolute Gasteiger partial charge is 0.219 e. The van der Waals surface area contributed by atoms with Crippen molar-refractivity contribution < 1.29 is 18.7 Å². The van der Waals surface area contributed by atoms with Crippen molar-refractivity contribution in [2.75, 3.05) is 5.73 Å². The maximum Gasteiger partial charge on any atom is 0.219 e. The molecule has 2 aromatic heterocycles. The number of ketones is 2. The lowest BCUT2D eigenvalue weighted by Gasteiger charge is -2.11. The molecule has 2 aromatic carbocycles. The third kappa shape index (κ3) is 4.65. The summed E-state index contributed by atoms with van der Waals surface area (Å²) >= 11 is 0. The van der Waals surface area contributed by atoms with Gasteiger partial charge in [0.05, 0.1) is 23.6 Å². The number of aryl methyl sites for hydroxylation is 2. The number of allylic oxidation sites excluding steroid dienone is 1. The quantitative estimate of drug-likeness (QED) is 0.346. The summed E-state index contributed by atoms with van der Waals surface area (Å²) in [5.74, 6) is -0.0928. The van der Waals surface area contributed by atoms with Gasteiger partial charge in [-0.2, -0.15) is 5.10 Å². The van der Waals surface area contributed by atoms with Crippen molar-refractivity contribution in [3.05, 3.63) is 99.6 Å². The van der Waals surface area contributed by atoms with E-state index >= 15 is 0 Å². The number of aromatic nitrogens is 3. The summed E-state index contributed by atoms with van der Waals surface area (Å²) in [6, 6.07) is 11.8. The van der Waals surface area contributed by atoms with Crippen molar-refractivity contribution >= 4 is 23.5 Å². The number of fused-ring (bicyclic) bond motifs is 1. The Balaban J connectivity index is 1.38. The molecule has 8 heteroatoms. The molecule has 0 aliphatic heterocycles. The fourth-order valence-corrected chi connectivity index (χ4v) is 4.50. The minimum absolute atomic E-state index is 0.0723. The van der Waals surface area contributed by atoms with Gasteiger partial charge in [-0.15, -0.1) is 0 Å². The Morgan fingerprint density at radius 1 is 1.11 bits per heavy atom. The molecular formula is C29H25FN4O3. The summed E-state index contributed by atoms with van der Waals surface area (Å²) in [6.07, 6.45) is 5.69. The summed E-state index contributed by atoms with van der Waals surface area (Å²) in [6.45, 7) is 5.36. The van der Waals surface area contributed by atoms with Crippen LogP contribution in [-0.4, -0.2) is 26.3 Å². The highest BCUT2D eigenvalue weighted by atomic mass is 19.1. The lowest BCUT2D eigenvalue weighted by molar-refractivity contribution is -0.116. The molecule has 0 saturated carbocycles. The number of rotatable bonds is 7. The molecule has 0 amide bonds. The highest BCUT2D eigenvalue weighted by Gasteiger charge is 2.25. The Morgan fingerprint density at radius 2 is 1.89 bits per heavy atom. The van der Waals surface area contributed by atoms with Crippen LogP contribution in [0.25, 0.3) is 11.8 Å². The first-order valence-corrected chi connectivity index (χ1v) is 11.8. The van der Waals surface area contributed by atoms with Crippen LogP contribution in [0.15, 0.2) is 60.4 Å². The average molecular weight is 497 g/mol. The Hall–Kier alpha value is -4.59. The Morgan fingerprint density at radius 3 is 2.62 bits per heavy atom. The van der Waals surface area contributed by atoms with Crippen LogP contribution in [0.2, 0.25) is 0 Å². The van der Waals surface area contributed by atoms with Gasteiger partial charge in [-0.1, -0.05) is 24.3 Å². The van der Waals surface area contributed by atoms with Gasteiger partial charge >= 0.3 is 0 Å². The summed E-state index contributed by atoms with van der Waals surface area (Å²) in [5.41, 5.74) is 12.6. The van der Waals surface area contributed by atoms with Crippen LogP contribution in [0.4, 0.5) is 10.2 Å². The summed E-state index contributed by atoms with van der Waals surface area (Å²) in [5, 5.41) is 4.34. The molecule has 0 radical (unpaired) electrons. The van der Waals surface area contributed by atoms with Gasteiger partial charge in [-0.3, -0.25) is 9.59 Å². The lowest BCUT2D eigenvalue weighted by Crippen LogP contribution is -2.09. The van der Waals surface area contributed by atoms with Crippen LogP contribution in [0.5, 0.6) is 11.6 Å². The third-order valence-corrected chi connectivity index (χ3v) is 6.43. The Labute approximate surface area is 213 Å². The molecule has 1 aliphatic rings. The maximum absolute atomic E-state index is 13.9. The number of ether oxygens (including phenoxy) is 1. The minimum atomic E-state index is -0.487. The second-order valence-electron chi connectivity index (χ2n) is 9.23. The zero-order chi connectivity index (χ0) is 26.3. The van der Waals surface area contributed by atoms with Crippen LogP contribution in [0.3, 0.4) is 0 Å². The first-order valence-electron chi connectivity index (χ1n) is 11.8. The molecular weight excluding hydrogens is 471 g/mol. The van der Waals surface area contributed by atoms with Gasteiger partial charge < -0.3 is 10.5 Å². The molecule has 0 spiro atoms. The summed E-state index contributed by atoms with van der Waals surface area (Å²) in [7, 11) is 0. The monoisotopic (exact) mass is 496 g/mol. The van der Waals surface area contributed by atoms with E-state index in [0.717, 1.165) is 27.8 Å². The van der Waals surface area contributed by atoms with Gasteiger partial charge in [0.25, 0.3) is 0 Å². The Kier molecular flexibility index (Phi) is 6.17. The van der Waals surface area contributed by atoms with Gasteiger partial charge in [0, 0.05) is 24.5 Å². The number of halogens is 1. The number of benzene rings is 2. The molecule has 7 nitrogen and oxygen atoms in total. The van der Waals surface area contributed by atoms with E-state index < -0.39 is 5.82 Å². The van der Waals surface area contributed by atoms with Crippen molar-refractivity contribution in [2.45, 2.75) is 33.6 Å². The zero-order valence-corrected chi connectivity index (χ0v) is 20.7. The maximum atomic E-state index is 13.9. The normalized spacial score (nSPS) is 12.3. The van der Waals surface area contributed by atoms with Gasteiger partial charge in [0.1, 0.15) is 11.6 Å². The predicted molar refractivity (Wildman–Crippen MR) is 139 cm³/mol. The third-order valence-electron chi connectivity index (χ3n) is 6.43. The standard InChI is InChI=1S/C29H25FN4O3/c1-16-8-20-12-22(13-21(20)11-19(16)10-18(3)35)28(36)23-14-33-34(29(23)31)25-15-32-27(9-17(25)2)37-26-7-5-4-6-24(26)30/h4-9,11-12,14-15H,10,13,31H2,1-3H3. The van der Waals surface area contributed by atoms with Gasteiger partial charge in [0.15, 0.2) is 17.3 Å². The van der Waals surface area contributed by atoms with Crippen molar-refractivity contribution in [3.8, 4) is 17.3 Å². The molecule has 37 heavy (non-hydrogen) atoms. The molecule has 2 heterocycles. The van der Waals surface area contributed by atoms with Crippen LogP contribution in [0.1, 0.15) is 45.1 Å². The van der Waals surface area contributed by atoms with E-state index in [9.17, 15) is 14.0 Å². The zero-order valence-electron chi connectivity index (χ0n) is 20.7. The van der Waals surface area contributed by atoms with Gasteiger partial charge in [0.2, 0.25) is 5.88 Å². The number of hydrogen-bond donors (Lipinski definition) is 1. The first-order chi connectivity index (χ1) is 17.7. The van der Waals surface area contributed by atoms with E-state index in [4.69, 9.17) is 10.5 Å². The summed E-state index contributed by atoms with van der Waals surface area (Å²) < 4.78 is 20.9. The van der Waals surface area contributed by atoms with Crippen LogP contribution in [0, 0.1) is 19.7 Å². The second-order valence-corrected chi connectivity index (χ2v) is 9.23. The molecule has 5 rings (SSSR count). The van der Waals surface area contributed by atoms with Crippen LogP contribution >= 0.6 is 0 Å². The second kappa shape index (κ2) is 9.46. The molecule has 1 aliphatic carbocycles. The molecule has 0 bridgehead atoms. The van der Waals surface area contributed by atoms with E-state index in [1.54, 1.807) is 25.1 Å². The average Bonchev–Trinajstić information content (AvgIpc) is 3.43. The Bertz CT molecular complexity index is 1600. The fraction of sp³-hybridized carbons (Fsp3) is 0.172. The number of nitrogen functional groups attached to an aromatic ring is 1. The topological polar surface area (TPSA) is 100 Å². The van der Waals surface area contributed by atoms with E-state index in [1.165, 1.54) is 29.2 Å². The predicted octanol–water partition coefficient (Wildman–Crippen LogP) is 5.35. The molecule has 4 aromatic rings. The minimum Gasteiger partial charge on any atom is -0.436 e. The van der Waals surface area contributed by atoms with E-state index in [0.29, 0.717) is 29.7 Å². The summed E-state index contributed by atoms with van der Waals surface area (Å²) in [4.78, 5) is 29.2. The number of Topliss-reactive ketones (excluding diaryl/α,β-unsaturated/α-hetero) is 2. The van der Waals surface area contributed by atoms with Crippen LogP contribution in [-0.2, 0) is 17.6 Å². The number of nitrogens with two attached hydrogens (primary N) is 1. The van der Waals surface area contributed by atoms with Gasteiger partial charge in [-0.05, 0) is 66.8 Å². The van der Waals surface area contributed by atoms with E-state index in [-0.39, 0.29) is 29.0 Å². The number of nitrogens with zero attached hydrogens (tertiary/aromatic N) is 3. The highest BCUT2D eigenvalue weighted by Crippen LogP contribution is 2.32. The van der Waals surface area contributed by atoms with Crippen molar-refractivity contribution in [3.63, 3.8) is 0 Å². The van der Waals surface area contributed by atoms with Crippen molar-refractivity contribution in [1.82, 2.24) is 14.8 Å². The molecule has 0 unspecified atom stereocenters. The molecule has 2 N–H and O–H groups in total. The van der Waals surface area contributed by atoms with E-state index in [1.807, 2.05) is 32.1 Å². The fourth-order valence-electron chi connectivity index (χ4n) is 4.50. The van der Waals surface area contributed by atoms with Gasteiger partial charge in [-0.25, -0.2) is 14.1 Å². The SMILES string of the molecule is CC(=O)Cc1cc2c(cc1C)C=C(C(=O)c1cnn(-c3cnc(Oc4ccccc4F)cc3C)c1N)C2. The van der Waals surface area contributed by atoms with Crippen LogP contribution < -0.4 is 10.5 Å². The first kappa shape index (κ1) is 24.1. The van der Waals surface area contributed by atoms with Crippen molar-refractivity contribution in [1.29, 1.82) is 0 Å². The number of carbonyl (C=O) groups excluding carboxylic acids is 2. The molecule has 0 fully saturated rings. The molecule has 0 saturated heterocycles. The molecule has 0 atom stereocenters. The lowest BCUT2D eigenvalue weighted by atomic mass is 9.97. The number of anilines is 1. The number of hydrogen-bond acceptors (Lipinski definition) is 6.